The molecule has 180 valence electrons. The molecule has 1 N–H and O–H groups in total. The van der Waals surface area contributed by atoms with Gasteiger partial charge in [0.15, 0.2) is 5.78 Å². The molecule has 0 atom stereocenters. The van der Waals surface area contributed by atoms with Gasteiger partial charge in [-0.15, -0.1) is 0 Å². The highest BCUT2D eigenvalue weighted by molar-refractivity contribution is 8.26. The minimum atomic E-state index is -0.695. The lowest BCUT2D eigenvalue weighted by Gasteiger charge is -2.18. The van der Waals surface area contributed by atoms with Crippen LogP contribution in [0, 0.1) is 25.2 Å². The van der Waals surface area contributed by atoms with Crippen molar-refractivity contribution < 1.29 is 14.7 Å². The van der Waals surface area contributed by atoms with E-state index in [-0.39, 0.29) is 27.6 Å². The number of nitrogens with zero attached hydrogens (tertiary/aromatic N) is 3. The molecule has 0 aliphatic carbocycles. The van der Waals surface area contributed by atoms with E-state index in [0.29, 0.717) is 10.5 Å². The lowest BCUT2D eigenvalue weighted by molar-refractivity contribution is -0.121. The van der Waals surface area contributed by atoms with Crippen LogP contribution in [0.5, 0.6) is 5.88 Å². The second kappa shape index (κ2) is 10.3. The molecule has 1 aliphatic rings. The average Bonchev–Trinajstić information content (AvgIpc) is 3.11. The molecule has 2 heterocycles. The normalized spacial score (nSPS) is 14.4. The number of thiocarbonyl (C=S) groups is 1. The molecule has 2 aromatic carbocycles. The summed E-state index contributed by atoms with van der Waals surface area (Å²) in [6.07, 6.45) is 1.71. The third-order valence-corrected chi connectivity index (χ3v) is 7.19. The summed E-state index contributed by atoms with van der Waals surface area (Å²) in [6.45, 7) is 2.94. The first-order valence-corrected chi connectivity index (χ1v) is 12.2. The molecular weight excluding hydrogens is 494 g/mol. The summed E-state index contributed by atoms with van der Waals surface area (Å²) in [5.74, 6) is -1.60. The highest BCUT2D eigenvalue weighted by atomic mass is 32.2. The van der Waals surface area contributed by atoms with Crippen LogP contribution in [-0.2, 0) is 11.3 Å². The lowest BCUT2D eigenvalue weighted by Crippen LogP contribution is -2.35. The third-order valence-electron chi connectivity index (χ3n) is 5.81. The Morgan fingerprint density at radius 2 is 1.78 bits per heavy atom. The number of thioether (sulfide) groups is 1. The Balaban J connectivity index is 1.67. The fourth-order valence-electron chi connectivity index (χ4n) is 3.87. The first-order chi connectivity index (χ1) is 17.2. The van der Waals surface area contributed by atoms with Crippen molar-refractivity contribution in [2.45, 2.75) is 20.4 Å². The maximum atomic E-state index is 13.4. The first kappa shape index (κ1) is 25.1. The highest BCUT2D eigenvalue weighted by Gasteiger charge is 2.35. The molecular formula is C27H21N3O4S2. The Morgan fingerprint density at radius 1 is 1.11 bits per heavy atom. The number of Topliss-reactive ketones (excluding diaryl/α,β-unsaturated/α-hetero) is 1. The maximum absolute atomic E-state index is 13.4. The van der Waals surface area contributed by atoms with Gasteiger partial charge in [0.1, 0.15) is 16.0 Å². The standard InChI is InChI=1S/C27H21N3O4S2/c1-16-8-10-18(11-9-16)12-22-25(33)30(27(35)36-22)15-21(31)23-17(2)20(13-28)24(32)29(26(23)34)14-19-6-4-3-5-7-19/h3-12,34H,14-15H2,1-2H3/b22-12-. The summed E-state index contributed by atoms with van der Waals surface area (Å²) in [7, 11) is 0. The van der Waals surface area contributed by atoms with Crippen molar-refractivity contribution in [3.8, 4) is 11.9 Å². The van der Waals surface area contributed by atoms with Crippen LogP contribution >= 0.6 is 24.0 Å². The molecule has 0 radical (unpaired) electrons. The molecule has 0 saturated carbocycles. The van der Waals surface area contributed by atoms with E-state index in [9.17, 15) is 24.8 Å². The maximum Gasteiger partial charge on any atom is 0.271 e. The minimum absolute atomic E-state index is 0.0267. The van der Waals surface area contributed by atoms with Crippen molar-refractivity contribution in [1.82, 2.24) is 9.47 Å². The van der Waals surface area contributed by atoms with Gasteiger partial charge < -0.3 is 5.11 Å². The van der Waals surface area contributed by atoms with Crippen molar-refractivity contribution in [1.29, 1.82) is 5.26 Å². The molecule has 1 aromatic heterocycles. The van der Waals surface area contributed by atoms with Crippen molar-refractivity contribution in [3.05, 3.63) is 103 Å². The van der Waals surface area contributed by atoms with E-state index >= 15 is 0 Å². The number of aromatic nitrogens is 1. The minimum Gasteiger partial charge on any atom is -0.494 e. The Morgan fingerprint density at radius 3 is 2.42 bits per heavy atom. The van der Waals surface area contributed by atoms with Gasteiger partial charge in [-0.1, -0.05) is 84.1 Å². The molecule has 4 rings (SSSR count). The number of aryl methyl sites for hydroxylation is 1. The zero-order valence-corrected chi connectivity index (χ0v) is 21.2. The number of carbonyl (C=O) groups is 2. The quantitative estimate of drug-likeness (QED) is 0.298. The molecule has 9 heteroatoms. The van der Waals surface area contributed by atoms with Gasteiger partial charge in [0.25, 0.3) is 11.5 Å². The number of benzene rings is 2. The molecule has 3 aromatic rings. The Labute approximate surface area is 217 Å². The Kier molecular flexibility index (Phi) is 7.20. The number of hydrogen-bond donors (Lipinski definition) is 1. The predicted octanol–water partition coefficient (Wildman–Crippen LogP) is 4.17. The van der Waals surface area contributed by atoms with E-state index in [2.05, 4.69) is 0 Å². The Hall–Kier alpha value is -4.00. The zero-order valence-electron chi connectivity index (χ0n) is 19.5. The SMILES string of the molecule is Cc1ccc(/C=C2\SC(=S)N(CC(=O)c3c(C)c(C#N)c(=O)n(Cc4ccccc4)c3O)C2=O)cc1. The average molecular weight is 516 g/mol. The van der Waals surface area contributed by atoms with Crippen molar-refractivity contribution in [2.24, 2.45) is 0 Å². The summed E-state index contributed by atoms with van der Waals surface area (Å²) in [5.41, 5.74) is 1.57. The van der Waals surface area contributed by atoms with E-state index in [4.69, 9.17) is 12.2 Å². The topological polar surface area (TPSA) is 103 Å². The lowest BCUT2D eigenvalue weighted by atomic mass is 10.0. The molecule has 0 bridgehead atoms. The van der Waals surface area contributed by atoms with Gasteiger partial charge >= 0.3 is 0 Å². The summed E-state index contributed by atoms with van der Waals surface area (Å²) in [4.78, 5) is 40.8. The molecule has 1 amide bonds. The van der Waals surface area contributed by atoms with Crippen molar-refractivity contribution in [3.63, 3.8) is 0 Å². The molecule has 1 fully saturated rings. The van der Waals surface area contributed by atoms with E-state index in [0.717, 1.165) is 27.5 Å². The molecule has 7 nitrogen and oxygen atoms in total. The number of amides is 1. The number of aromatic hydroxyl groups is 1. The molecule has 36 heavy (non-hydrogen) atoms. The highest BCUT2D eigenvalue weighted by Crippen LogP contribution is 2.33. The number of pyridine rings is 1. The summed E-state index contributed by atoms with van der Waals surface area (Å²) in [6, 6.07) is 18.4. The third kappa shape index (κ3) is 4.87. The van der Waals surface area contributed by atoms with Gasteiger partial charge in [-0.05, 0) is 36.6 Å². The van der Waals surface area contributed by atoms with Crippen LogP contribution in [0.15, 0.2) is 64.3 Å². The number of ketones is 1. The molecule has 0 unspecified atom stereocenters. The summed E-state index contributed by atoms with van der Waals surface area (Å²) < 4.78 is 1.21. The number of nitriles is 1. The van der Waals surface area contributed by atoms with Crippen LogP contribution in [0.2, 0.25) is 0 Å². The molecule has 1 aliphatic heterocycles. The molecule has 0 spiro atoms. The van der Waals surface area contributed by atoms with E-state index in [1.807, 2.05) is 43.3 Å². The van der Waals surface area contributed by atoms with Gasteiger partial charge in [-0.3, -0.25) is 23.9 Å². The van der Waals surface area contributed by atoms with Crippen LogP contribution in [0.4, 0.5) is 0 Å². The second-order valence-electron chi connectivity index (χ2n) is 8.29. The number of hydrogen-bond acceptors (Lipinski definition) is 7. The fraction of sp³-hybridized carbons (Fsp3) is 0.148. The van der Waals surface area contributed by atoms with Gasteiger partial charge in [-0.2, -0.15) is 5.26 Å². The monoisotopic (exact) mass is 515 g/mol. The van der Waals surface area contributed by atoms with Crippen molar-refractivity contribution in [2.75, 3.05) is 6.54 Å². The molecule has 1 saturated heterocycles. The smallest absolute Gasteiger partial charge is 0.271 e. The first-order valence-electron chi connectivity index (χ1n) is 11.0. The summed E-state index contributed by atoms with van der Waals surface area (Å²) >= 11 is 6.44. The van der Waals surface area contributed by atoms with Crippen LogP contribution in [-0.4, -0.2) is 37.1 Å². The number of rotatable bonds is 6. The van der Waals surface area contributed by atoms with Gasteiger partial charge in [-0.25, -0.2) is 0 Å². The van der Waals surface area contributed by atoms with E-state index < -0.39 is 29.7 Å². The van der Waals surface area contributed by atoms with Gasteiger partial charge in [0.2, 0.25) is 5.88 Å². The van der Waals surface area contributed by atoms with Crippen LogP contribution in [0.1, 0.15) is 38.2 Å². The van der Waals surface area contributed by atoms with E-state index in [1.54, 1.807) is 30.3 Å². The van der Waals surface area contributed by atoms with Gasteiger partial charge in [0, 0.05) is 0 Å². The Bertz CT molecular complexity index is 1520. The zero-order chi connectivity index (χ0) is 26.0. The largest absolute Gasteiger partial charge is 0.494 e. The second-order valence-corrected chi connectivity index (χ2v) is 9.96. The van der Waals surface area contributed by atoms with Crippen molar-refractivity contribution >= 4 is 46.1 Å². The summed E-state index contributed by atoms with van der Waals surface area (Å²) in [5, 5.41) is 20.6. The van der Waals surface area contributed by atoms with Gasteiger partial charge in [0.05, 0.1) is 23.6 Å². The van der Waals surface area contributed by atoms with Crippen LogP contribution in [0.3, 0.4) is 0 Å². The van der Waals surface area contributed by atoms with E-state index in [1.165, 1.54) is 11.8 Å². The predicted molar refractivity (Wildman–Crippen MR) is 143 cm³/mol. The van der Waals surface area contributed by atoms with Crippen LogP contribution < -0.4 is 5.56 Å². The van der Waals surface area contributed by atoms with Crippen LogP contribution in [0.25, 0.3) is 6.08 Å². The number of carbonyl (C=O) groups excluding carboxylic acids is 2. The fourth-order valence-corrected chi connectivity index (χ4v) is 5.13.